The molecular weight excluding hydrogens is 165 g/mol. The average molecular weight is 174 g/mol. The zero-order chi connectivity index (χ0) is 4.28. The lowest BCUT2D eigenvalue weighted by Crippen LogP contribution is -1.79. The molecule has 32 valence electrons. The van der Waals surface area contributed by atoms with Crippen LogP contribution in [0, 0.1) is 0 Å². The Morgan fingerprint density at radius 3 is 1.67 bits per heavy atom. The molecule has 0 amide bonds. The molecule has 0 aromatic carbocycles. The lowest BCUT2D eigenvalue weighted by atomic mass is 10.6. The van der Waals surface area contributed by atoms with Crippen LogP contribution in [0.2, 0.25) is 4.05 Å². The molecule has 3 heteroatoms. The molecule has 0 nitrogen and oxygen atoms in total. The molecule has 0 aromatic rings. The molecule has 0 aliphatic heterocycles. The Bertz CT molecular complexity index is 22.8. The SMILES string of the molecule is C[CH](C)[Mg][Br].[MgH2]. The van der Waals surface area contributed by atoms with Crippen LogP contribution in [-0.2, 0) is 0 Å². The van der Waals surface area contributed by atoms with Gasteiger partial charge in [0.15, 0.2) is 0 Å². The molecule has 0 atom stereocenters. The van der Waals surface area contributed by atoms with E-state index in [1.54, 1.807) is 0 Å². The number of hydrogen-bond donors (Lipinski definition) is 0. The Hall–Kier alpha value is 2.01. The monoisotopic (exact) mass is 172 g/mol. The summed E-state index contributed by atoms with van der Waals surface area (Å²) in [7, 11) is 0. The first kappa shape index (κ1) is 10.9. The maximum Gasteiger partial charge on any atom is 0.471 e. The van der Waals surface area contributed by atoms with Crippen molar-refractivity contribution in [2.24, 2.45) is 0 Å². The maximum absolute atomic E-state index is 3.45. The van der Waals surface area contributed by atoms with Gasteiger partial charge in [0, 0.05) is 0 Å². The molecule has 0 rings (SSSR count). The summed E-state index contributed by atoms with van der Waals surface area (Å²) in [4.78, 5) is 0. The fourth-order valence-electron chi connectivity index (χ4n) is 0. The molecule has 0 bridgehead atoms. The van der Waals surface area contributed by atoms with E-state index in [2.05, 4.69) is 26.7 Å². The summed E-state index contributed by atoms with van der Waals surface area (Å²) < 4.78 is 0.940. The topological polar surface area (TPSA) is 0 Å². The van der Waals surface area contributed by atoms with E-state index >= 15 is 0 Å². The van der Waals surface area contributed by atoms with Crippen LogP contribution >= 0.6 is 12.9 Å². The third-order valence-electron chi connectivity index (χ3n) is 0.309. The second-order valence-electron chi connectivity index (χ2n) is 1.55. The molecule has 6 heavy (non-hydrogen) atoms. The summed E-state index contributed by atoms with van der Waals surface area (Å²) in [6, 6.07) is 0. The molecule has 0 aromatic heterocycles. The normalized spacial score (nSPS) is 6.67. The first-order valence-electron chi connectivity index (χ1n) is 1.83. The van der Waals surface area contributed by atoms with Gasteiger partial charge in [0.1, 0.15) is 0 Å². The minimum absolute atomic E-state index is 0. The Morgan fingerprint density at radius 2 is 1.67 bits per heavy atom. The standard InChI is InChI=1S/C3H7.BrH.2Mg.2H/c1-3-2;;;;;/h3H,1-2H3;1H;;;;/q;;;+1;;/p-1. The van der Waals surface area contributed by atoms with Crippen molar-refractivity contribution in [1.29, 1.82) is 0 Å². The molecule has 0 aliphatic carbocycles. The fraction of sp³-hybridized carbons (Fsp3) is 1.00. The van der Waals surface area contributed by atoms with Crippen molar-refractivity contribution in [3.63, 3.8) is 0 Å². The molecule has 0 radical (unpaired) electrons. The van der Waals surface area contributed by atoms with Gasteiger partial charge in [-0.05, 0) is 0 Å². The lowest BCUT2D eigenvalue weighted by Gasteiger charge is -1.85. The van der Waals surface area contributed by atoms with Crippen LogP contribution in [-0.4, -0.2) is 41.2 Å². The predicted molar refractivity (Wildman–Crippen MR) is 38.3 cm³/mol. The summed E-state index contributed by atoms with van der Waals surface area (Å²) in [5, 5.41) is 0. The predicted octanol–water partition coefficient (Wildman–Crippen LogP) is 0.913. The van der Waals surface area contributed by atoms with E-state index < -0.39 is 0 Å². The number of halogens is 1. The van der Waals surface area contributed by atoms with Gasteiger partial charge in [0.2, 0.25) is 0 Å². The summed E-state index contributed by atoms with van der Waals surface area (Å²) in [6.07, 6.45) is 0. The highest BCUT2D eigenvalue weighted by Crippen LogP contribution is 1.98. The molecule has 0 N–H and O–H groups in total. The van der Waals surface area contributed by atoms with Gasteiger partial charge in [0.25, 0.3) is 0 Å². The van der Waals surface area contributed by atoms with Gasteiger partial charge in [-0.25, -0.2) is 0 Å². The minimum atomic E-state index is 0. The van der Waals surface area contributed by atoms with Crippen LogP contribution in [0.1, 0.15) is 13.8 Å². The Labute approximate surface area is 71.2 Å². The van der Waals surface area contributed by atoms with E-state index in [-0.39, 0.29) is 41.2 Å². The third-order valence-corrected chi connectivity index (χ3v) is 4.81. The number of rotatable bonds is 1. The summed E-state index contributed by atoms with van der Waals surface area (Å²) >= 11 is 3.61. The zero-order valence-electron chi connectivity index (χ0n) is 3.66. The van der Waals surface area contributed by atoms with Crippen LogP contribution in [0.3, 0.4) is 0 Å². The van der Waals surface area contributed by atoms with Crippen LogP contribution in [0.5, 0.6) is 0 Å². The van der Waals surface area contributed by atoms with E-state index in [0.29, 0.717) is 0 Å². The molecule has 0 spiro atoms. The van der Waals surface area contributed by atoms with E-state index in [1.165, 1.54) is 0 Å². The second-order valence-corrected chi connectivity index (χ2v) is 5.43. The van der Waals surface area contributed by atoms with Crippen LogP contribution < -0.4 is 0 Å². The van der Waals surface area contributed by atoms with Crippen molar-refractivity contribution in [2.45, 2.75) is 17.9 Å². The van der Waals surface area contributed by atoms with Gasteiger partial charge < -0.3 is 12.9 Å². The summed E-state index contributed by atoms with van der Waals surface area (Å²) in [6.45, 7) is 4.47. The highest BCUT2D eigenvalue weighted by molar-refractivity contribution is 9.23. The quantitative estimate of drug-likeness (QED) is 0.518. The van der Waals surface area contributed by atoms with Crippen LogP contribution in [0.4, 0.5) is 0 Å². The third kappa shape index (κ3) is 9.38. The van der Waals surface area contributed by atoms with Gasteiger partial charge in [0.05, 0.1) is 0 Å². The van der Waals surface area contributed by atoms with Crippen molar-refractivity contribution in [2.75, 3.05) is 0 Å². The lowest BCUT2D eigenvalue weighted by molar-refractivity contribution is 1.07. The molecule has 0 heterocycles. The van der Waals surface area contributed by atoms with E-state index in [9.17, 15) is 0 Å². The first-order valence-corrected chi connectivity index (χ1v) is 6.55. The van der Waals surface area contributed by atoms with Gasteiger partial charge in [-0.2, -0.15) is 0 Å². The Balaban J connectivity index is 0. The highest BCUT2D eigenvalue weighted by atomic mass is 79.9. The van der Waals surface area contributed by atoms with Gasteiger partial charge in [-0.1, -0.05) is 13.8 Å². The van der Waals surface area contributed by atoms with Crippen molar-refractivity contribution in [3.05, 3.63) is 0 Å². The summed E-state index contributed by atoms with van der Waals surface area (Å²) in [5.41, 5.74) is 0. The molecule has 0 aliphatic rings. The van der Waals surface area contributed by atoms with Gasteiger partial charge in [-0.15, -0.1) is 4.05 Å². The first-order chi connectivity index (χ1) is 2.27. The second kappa shape index (κ2) is 7.01. The van der Waals surface area contributed by atoms with Crippen molar-refractivity contribution < 1.29 is 0 Å². The van der Waals surface area contributed by atoms with E-state index in [1.807, 2.05) is 0 Å². The molecule has 0 saturated heterocycles. The van der Waals surface area contributed by atoms with Crippen molar-refractivity contribution in [1.82, 2.24) is 0 Å². The molecular formula is C3H9BrMg2. The maximum atomic E-state index is 3.45. The van der Waals surface area contributed by atoms with Crippen LogP contribution in [0.25, 0.3) is 0 Å². The molecule has 0 unspecified atom stereocenters. The summed E-state index contributed by atoms with van der Waals surface area (Å²) in [5.74, 6) is 0. The molecule has 0 saturated carbocycles. The zero-order valence-corrected chi connectivity index (χ0v) is 6.66. The fourth-order valence-corrected chi connectivity index (χ4v) is 0. The van der Waals surface area contributed by atoms with Gasteiger partial charge in [-0.3, -0.25) is 0 Å². The van der Waals surface area contributed by atoms with Crippen LogP contribution in [0.15, 0.2) is 0 Å². The smallest absolute Gasteiger partial charge is 0.306 e. The Morgan fingerprint density at radius 1 is 1.50 bits per heavy atom. The van der Waals surface area contributed by atoms with Crippen molar-refractivity contribution >= 4 is 54.1 Å². The average Bonchev–Trinajstić information content (AvgIpc) is 1.38. The number of hydrogen-bond acceptors (Lipinski definition) is 0. The van der Waals surface area contributed by atoms with E-state index in [4.69, 9.17) is 0 Å². The minimum Gasteiger partial charge on any atom is -0.306 e. The highest BCUT2D eigenvalue weighted by Gasteiger charge is 1.91. The largest absolute Gasteiger partial charge is 0.471 e. The molecule has 0 fully saturated rings. The Kier molecular flexibility index (Phi) is 12.7. The van der Waals surface area contributed by atoms with Crippen molar-refractivity contribution in [3.8, 4) is 0 Å². The van der Waals surface area contributed by atoms with E-state index in [0.717, 1.165) is 4.05 Å². The van der Waals surface area contributed by atoms with Gasteiger partial charge >= 0.3 is 41.2 Å².